The summed E-state index contributed by atoms with van der Waals surface area (Å²) in [7, 11) is 0. The van der Waals surface area contributed by atoms with E-state index in [1.165, 1.54) is 31.4 Å². The summed E-state index contributed by atoms with van der Waals surface area (Å²) in [4.78, 5) is 0. The van der Waals surface area contributed by atoms with Crippen LogP contribution in [0.2, 0.25) is 0 Å². The quantitative estimate of drug-likeness (QED) is 0.746. The average molecular weight is 196 g/mol. The zero-order valence-corrected chi connectivity index (χ0v) is 8.86. The second-order valence-electron chi connectivity index (χ2n) is 3.95. The second-order valence-corrected chi connectivity index (χ2v) is 4.62. The van der Waals surface area contributed by atoms with Gasteiger partial charge in [0, 0.05) is 5.38 Å². The maximum absolute atomic E-state index is 4.43. The Morgan fingerprint density at radius 1 is 1.46 bits per heavy atom. The predicted octanol–water partition coefficient (Wildman–Crippen LogP) is 2.52. The Morgan fingerprint density at radius 3 is 3.15 bits per heavy atom. The Labute approximate surface area is 83.5 Å². The minimum absolute atomic E-state index is 0.135. The molecule has 0 spiro atoms. The molecule has 0 saturated carbocycles. The smallest absolute Gasteiger partial charge is 0.0740 e. The third kappa shape index (κ3) is 1.92. The van der Waals surface area contributed by atoms with E-state index >= 15 is 0 Å². The van der Waals surface area contributed by atoms with Crippen molar-refractivity contribution in [2.24, 2.45) is 0 Å². The summed E-state index contributed by atoms with van der Waals surface area (Å²) in [5, 5.41) is 5.67. The third-order valence-corrected chi connectivity index (χ3v) is 3.43. The molecular weight excluding hydrogens is 180 g/mol. The molecule has 2 heterocycles. The Hall–Kier alpha value is -0.410. The lowest BCUT2D eigenvalue weighted by atomic mass is 9.92. The van der Waals surface area contributed by atoms with Crippen molar-refractivity contribution in [3.8, 4) is 0 Å². The van der Waals surface area contributed by atoms with Gasteiger partial charge in [0.25, 0.3) is 0 Å². The van der Waals surface area contributed by atoms with Gasteiger partial charge in [0.1, 0.15) is 0 Å². The van der Waals surface area contributed by atoms with Gasteiger partial charge in [-0.25, -0.2) is 0 Å². The number of hydrogen-bond donors (Lipinski definition) is 1. The van der Waals surface area contributed by atoms with Crippen LogP contribution in [0.3, 0.4) is 0 Å². The average Bonchev–Trinajstić information content (AvgIpc) is 2.57. The van der Waals surface area contributed by atoms with Crippen LogP contribution in [0.5, 0.6) is 0 Å². The molecule has 3 heteroatoms. The Bertz CT molecular complexity index is 248. The first-order chi connectivity index (χ1) is 6.31. The van der Waals surface area contributed by atoms with Crippen molar-refractivity contribution in [2.75, 3.05) is 6.54 Å². The summed E-state index contributed by atoms with van der Waals surface area (Å²) in [5.74, 6) is 0. The number of aromatic nitrogens is 1. The molecule has 1 aromatic rings. The van der Waals surface area contributed by atoms with Crippen LogP contribution in [0, 0.1) is 0 Å². The molecule has 2 nitrogen and oxygen atoms in total. The molecule has 1 aromatic heterocycles. The fraction of sp³-hybridized carbons (Fsp3) is 0.700. The van der Waals surface area contributed by atoms with Crippen molar-refractivity contribution in [2.45, 2.75) is 38.1 Å². The van der Waals surface area contributed by atoms with Crippen molar-refractivity contribution in [3.63, 3.8) is 0 Å². The summed E-state index contributed by atoms with van der Waals surface area (Å²) in [6.07, 6.45) is 5.20. The zero-order valence-electron chi connectivity index (χ0n) is 8.05. The number of hydrogen-bond acceptors (Lipinski definition) is 3. The standard InChI is InChI=1S/C10H16N2S/c1-10(9-5-8-13-12-9)6-3-2-4-7-11-10/h5,8,11H,2-4,6-7H2,1H3. The van der Waals surface area contributed by atoms with E-state index in [0.29, 0.717) is 0 Å². The van der Waals surface area contributed by atoms with Crippen LogP contribution in [0.25, 0.3) is 0 Å². The Balaban J connectivity index is 2.17. The van der Waals surface area contributed by atoms with Gasteiger partial charge >= 0.3 is 0 Å². The van der Waals surface area contributed by atoms with E-state index in [0.717, 1.165) is 6.54 Å². The van der Waals surface area contributed by atoms with E-state index in [1.54, 1.807) is 11.5 Å². The molecule has 0 bridgehead atoms. The topological polar surface area (TPSA) is 24.9 Å². The molecule has 1 aliphatic heterocycles. The normalized spacial score (nSPS) is 29.9. The van der Waals surface area contributed by atoms with Crippen LogP contribution in [-0.4, -0.2) is 10.9 Å². The molecule has 1 fully saturated rings. The first-order valence-corrected chi connectivity index (χ1v) is 5.81. The molecular formula is C10H16N2S. The fourth-order valence-corrected chi connectivity index (χ4v) is 2.58. The van der Waals surface area contributed by atoms with E-state index in [1.807, 2.05) is 0 Å². The molecule has 1 aliphatic rings. The monoisotopic (exact) mass is 196 g/mol. The van der Waals surface area contributed by atoms with Crippen molar-refractivity contribution in [3.05, 3.63) is 17.1 Å². The summed E-state index contributed by atoms with van der Waals surface area (Å²) in [6.45, 7) is 3.40. The third-order valence-electron chi connectivity index (χ3n) is 2.87. The van der Waals surface area contributed by atoms with Crippen molar-refractivity contribution < 1.29 is 0 Å². The largest absolute Gasteiger partial charge is 0.306 e. The van der Waals surface area contributed by atoms with Gasteiger partial charge in [-0.1, -0.05) is 12.8 Å². The van der Waals surface area contributed by atoms with Gasteiger partial charge in [0.2, 0.25) is 0 Å². The summed E-state index contributed by atoms with van der Waals surface area (Å²) < 4.78 is 4.43. The first-order valence-electron chi connectivity index (χ1n) is 4.97. The summed E-state index contributed by atoms with van der Waals surface area (Å²) >= 11 is 1.55. The second kappa shape index (κ2) is 3.76. The van der Waals surface area contributed by atoms with Gasteiger partial charge in [-0.2, -0.15) is 4.37 Å². The van der Waals surface area contributed by atoms with Crippen LogP contribution in [0.15, 0.2) is 11.4 Å². The minimum atomic E-state index is 0.135. The molecule has 1 N–H and O–H groups in total. The molecule has 1 atom stereocenters. The molecule has 0 radical (unpaired) electrons. The summed E-state index contributed by atoms with van der Waals surface area (Å²) in [6, 6.07) is 2.14. The zero-order chi connectivity index (χ0) is 9.15. The van der Waals surface area contributed by atoms with Gasteiger partial charge in [0.05, 0.1) is 11.2 Å². The number of nitrogens with zero attached hydrogens (tertiary/aromatic N) is 1. The lowest BCUT2D eigenvalue weighted by Crippen LogP contribution is -2.38. The van der Waals surface area contributed by atoms with E-state index < -0.39 is 0 Å². The molecule has 2 rings (SSSR count). The molecule has 1 unspecified atom stereocenters. The van der Waals surface area contributed by atoms with Crippen molar-refractivity contribution >= 4 is 11.5 Å². The van der Waals surface area contributed by atoms with E-state index in [4.69, 9.17) is 0 Å². The van der Waals surface area contributed by atoms with Gasteiger partial charge in [-0.05, 0) is 43.9 Å². The lowest BCUT2D eigenvalue weighted by Gasteiger charge is -2.27. The molecule has 1 saturated heterocycles. The maximum atomic E-state index is 4.43. The predicted molar refractivity (Wildman–Crippen MR) is 55.9 cm³/mol. The van der Waals surface area contributed by atoms with Crippen LogP contribution in [-0.2, 0) is 5.54 Å². The minimum Gasteiger partial charge on any atom is -0.306 e. The first kappa shape index (κ1) is 9.16. The van der Waals surface area contributed by atoms with E-state index in [9.17, 15) is 0 Å². The molecule has 72 valence electrons. The van der Waals surface area contributed by atoms with Crippen LogP contribution < -0.4 is 5.32 Å². The Morgan fingerprint density at radius 2 is 2.38 bits per heavy atom. The van der Waals surface area contributed by atoms with Gasteiger partial charge in [-0.3, -0.25) is 0 Å². The highest BCUT2D eigenvalue weighted by Gasteiger charge is 2.28. The van der Waals surface area contributed by atoms with E-state index in [2.05, 4.69) is 28.1 Å². The van der Waals surface area contributed by atoms with Crippen molar-refractivity contribution in [1.29, 1.82) is 0 Å². The molecule has 0 amide bonds. The van der Waals surface area contributed by atoms with Crippen LogP contribution in [0.4, 0.5) is 0 Å². The lowest BCUT2D eigenvalue weighted by molar-refractivity contribution is 0.352. The summed E-state index contributed by atoms with van der Waals surface area (Å²) in [5.41, 5.74) is 1.36. The number of rotatable bonds is 1. The van der Waals surface area contributed by atoms with Gasteiger partial charge < -0.3 is 5.32 Å². The molecule has 0 aliphatic carbocycles. The van der Waals surface area contributed by atoms with Crippen LogP contribution >= 0.6 is 11.5 Å². The SMILES string of the molecule is CC1(c2ccsn2)CCCCCN1. The van der Waals surface area contributed by atoms with E-state index in [-0.39, 0.29) is 5.54 Å². The highest BCUT2D eigenvalue weighted by molar-refractivity contribution is 7.03. The number of nitrogens with one attached hydrogen (secondary N) is 1. The Kier molecular flexibility index (Phi) is 2.65. The van der Waals surface area contributed by atoms with Gasteiger partial charge in [-0.15, -0.1) is 0 Å². The fourth-order valence-electron chi connectivity index (χ4n) is 1.95. The highest BCUT2D eigenvalue weighted by Crippen LogP contribution is 2.28. The molecule has 0 aromatic carbocycles. The highest BCUT2D eigenvalue weighted by atomic mass is 32.1. The van der Waals surface area contributed by atoms with Crippen LogP contribution in [0.1, 0.15) is 38.3 Å². The molecule has 13 heavy (non-hydrogen) atoms. The van der Waals surface area contributed by atoms with Crippen molar-refractivity contribution in [1.82, 2.24) is 9.69 Å². The maximum Gasteiger partial charge on any atom is 0.0740 e. The van der Waals surface area contributed by atoms with Gasteiger partial charge in [0.15, 0.2) is 0 Å².